The highest BCUT2D eigenvalue weighted by molar-refractivity contribution is 6.30. The summed E-state index contributed by atoms with van der Waals surface area (Å²) in [6, 6.07) is 7.35. The first-order chi connectivity index (χ1) is 11.2. The van der Waals surface area contributed by atoms with Crippen LogP contribution in [-0.4, -0.2) is 29.0 Å². The van der Waals surface area contributed by atoms with Crippen LogP contribution in [0.2, 0.25) is 5.02 Å². The highest BCUT2D eigenvalue weighted by Gasteiger charge is 2.44. The van der Waals surface area contributed by atoms with Crippen LogP contribution in [0.15, 0.2) is 24.3 Å². The maximum Gasteiger partial charge on any atom is 0.410 e. The standard InChI is InChI=1S/C18H25ClN2O3/c1-12(2)18(9-8-16(20)22)10-11-21(17(23)24-18)13(3)14-4-6-15(19)7-5-14/h4-7,12-13H,8-11H2,1-3H3,(H2,20,22). The minimum Gasteiger partial charge on any atom is -0.442 e. The van der Waals surface area contributed by atoms with Gasteiger partial charge in [0.05, 0.1) is 6.04 Å². The van der Waals surface area contributed by atoms with Crippen molar-refractivity contribution in [2.75, 3.05) is 6.54 Å². The first-order valence-corrected chi connectivity index (χ1v) is 8.66. The summed E-state index contributed by atoms with van der Waals surface area (Å²) in [5.41, 5.74) is 5.65. The van der Waals surface area contributed by atoms with Crippen LogP contribution in [0.5, 0.6) is 0 Å². The molecular formula is C18H25ClN2O3. The summed E-state index contributed by atoms with van der Waals surface area (Å²) in [5.74, 6) is -0.253. The third-order valence-electron chi connectivity index (χ3n) is 4.97. The fourth-order valence-corrected chi connectivity index (χ4v) is 3.29. The highest BCUT2D eigenvalue weighted by Crippen LogP contribution is 2.37. The molecule has 1 saturated heterocycles. The predicted molar refractivity (Wildman–Crippen MR) is 93.7 cm³/mol. The van der Waals surface area contributed by atoms with Crippen LogP contribution in [0.1, 0.15) is 51.6 Å². The van der Waals surface area contributed by atoms with Gasteiger partial charge in [0, 0.05) is 24.4 Å². The van der Waals surface area contributed by atoms with E-state index in [2.05, 4.69) is 0 Å². The smallest absolute Gasteiger partial charge is 0.410 e. The Balaban J connectivity index is 2.11. The number of halogens is 1. The zero-order valence-electron chi connectivity index (χ0n) is 14.4. The number of amides is 2. The van der Waals surface area contributed by atoms with Gasteiger partial charge in [0.25, 0.3) is 0 Å². The van der Waals surface area contributed by atoms with Crippen LogP contribution in [0.3, 0.4) is 0 Å². The Morgan fingerprint density at radius 3 is 2.46 bits per heavy atom. The summed E-state index contributed by atoms with van der Waals surface area (Å²) in [6.45, 7) is 6.56. The Bertz CT molecular complexity index is 603. The number of hydrogen-bond donors (Lipinski definition) is 1. The van der Waals surface area contributed by atoms with E-state index in [0.717, 1.165) is 5.56 Å². The minimum atomic E-state index is -0.623. The van der Waals surface area contributed by atoms with Crippen molar-refractivity contribution in [3.8, 4) is 0 Å². The fourth-order valence-electron chi connectivity index (χ4n) is 3.16. The lowest BCUT2D eigenvalue weighted by Gasteiger charge is -2.45. The summed E-state index contributed by atoms with van der Waals surface area (Å²) in [6.07, 6.45) is 1.02. The molecule has 24 heavy (non-hydrogen) atoms. The predicted octanol–water partition coefficient (Wildman–Crippen LogP) is 3.90. The van der Waals surface area contributed by atoms with Crippen molar-refractivity contribution in [1.82, 2.24) is 4.90 Å². The Hall–Kier alpha value is -1.75. The summed E-state index contributed by atoms with van der Waals surface area (Å²) < 4.78 is 5.82. The lowest BCUT2D eigenvalue weighted by Crippen LogP contribution is -2.53. The Labute approximate surface area is 148 Å². The van der Waals surface area contributed by atoms with Crippen molar-refractivity contribution in [3.63, 3.8) is 0 Å². The van der Waals surface area contributed by atoms with Gasteiger partial charge in [-0.1, -0.05) is 37.6 Å². The van der Waals surface area contributed by atoms with Crippen LogP contribution in [0.4, 0.5) is 4.79 Å². The van der Waals surface area contributed by atoms with Gasteiger partial charge < -0.3 is 15.4 Å². The van der Waals surface area contributed by atoms with E-state index in [1.165, 1.54) is 0 Å². The number of carbonyl (C=O) groups excluding carboxylic acids is 2. The van der Waals surface area contributed by atoms with E-state index >= 15 is 0 Å². The Morgan fingerprint density at radius 2 is 1.96 bits per heavy atom. The Kier molecular flexibility index (Phi) is 5.75. The SMILES string of the molecule is CC(c1ccc(Cl)cc1)N1CCC(CCC(N)=O)(C(C)C)OC1=O. The van der Waals surface area contributed by atoms with Crippen molar-refractivity contribution < 1.29 is 14.3 Å². The molecular weight excluding hydrogens is 328 g/mol. The number of carbonyl (C=O) groups is 2. The minimum absolute atomic E-state index is 0.101. The van der Waals surface area contributed by atoms with Gasteiger partial charge in [-0.05, 0) is 37.0 Å². The molecule has 0 spiro atoms. The second kappa shape index (κ2) is 7.43. The molecule has 0 aliphatic carbocycles. The van der Waals surface area contributed by atoms with Gasteiger partial charge in [-0.2, -0.15) is 0 Å². The Morgan fingerprint density at radius 1 is 1.33 bits per heavy atom. The molecule has 0 saturated carbocycles. The average Bonchev–Trinajstić information content (AvgIpc) is 2.53. The van der Waals surface area contributed by atoms with E-state index in [1.807, 2.05) is 45.0 Å². The van der Waals surface area contributed by atoms with E-state index in [-0.39, 0.29) is 30.4 Å². The van der Waals surface area contributed by atoms with Gasteiger partial charge in [-0.15, -0.1) is 0 Å². The van der Waals surface area contributed by atoms with Crippen LogP contribution < -0.4 is 5.73 Å². The lowest BCUT2D eigenvalue weighted by molar-refractivity contribution is -0.122. The number of benzene rings is 1. The second-order valence-corrected chi connectivity index (χ2v) is 7.16. The first kappa shape index (κ1) is 18.6. The zero-order valence-corrected chi connectivity index (χ0v) is 15.2. The molecule has 0 bridgehead atoms. The molecule has 1 heterocycles. The van der Waals surface area contributed by atoms with Gasteiger partial charge >= 0.3 is 6.09 Å². The third kappa shape index (κ3) is 4.01. The van der Waals surface area contributed by atoms with Crippen molar-refractivity contribution in [2.24, 2.45) is 11.7 Å². The van der Waals surface area contributed by atoms with Gasteiger partial charge in [-0.3, -0.25) is 4.79 Å². The second-order valence-electron chi connectivity index (χ2n) is 6.72. The summed E-state index contributed by atoms with van der Waals surface area (Å²) in [5, 5.41) is 0.664. The third-order valence-corrected chi connectivity index (χ3v) is 5.22. The number of rotatable bonds is 6. The van der Waals surface area contributed by atoms with E-state index in [0.29, 0.717) is 24.4 Å². The number of nitrogens with two attached hydrogens (primary N) is 1. The fraction of sp³-hybridized carbons (Fsp3) is 0.556. The molecule has 0 aromatic heterocycles. The molecule has 2 unspecified atom stereocenters. The van der Waals surface area contributed by atoms with Crippen LogP contribution in [0, 0.1) is 5.92 Å². The van der Waals surface area contributed by atoms with Crippen molar-refractivity contribution >= 4 is 23.6 Å². The molecule has 2 atom stereocenters. The summed E-state index contributed by atoms with van der Waals surface area (Å²) in [4.78, 5) is 25.5. The molecule has 0 radical (unpaired) electrons. The number of ether oxygens (including phenoxy) is 1. The molecule has 1 aliphatic heterocycles. The van der Waals surface area contributed by atoms with Crippen molar-refractivity contribution in [3.05, 3.63) is 34.9 Å². The van der Waals surface area contributed by atoms with Crippen molar-refractivity contribution in [1.29, 1.82) is 0 Å². The average molecular weight is 353 g/mol. The summed E-state index contributed by atoms with van der Waals surface area (Å²) in [7, 11) is 0. The first-order valence-electron chi connectivity index (χ1n) is 8.28. The number of primary amides is 1. The van der Waals surface area contributed by atoms with Gasteiger partial charge in [0.1, 0.15) is 5.60 Å². The molecule has 2 rings (SSSR count). The molecule has 2 N–H and O–H groups in total. The molecule has 6 heteroatoms. The summed E-state index contributed by atoms with van der Waals surface area (Å²) >= 11 is 5.92. The monoisotopic (exact) mass is 352 g/mol. The maximum absolute atomic E-state index is 12.6. The van der Waals surface area contributed by atoms with Crippen molar-refractivity contribution in [2.45, 2.75) is 51.7 Å². The zero-order chi connectivity index (χ0) is 17.9. The largest absolute Gasteiger partial charge is 0.442 e. The molecule has 1 aliphatic rings. The molecule has 1 aromatic carbocycles. The van der Waals surface area contributed by atoms with Gasteiger partial charge in [0.15, 0.2) is 0 Å². The van der Waals surface area contributed by atoms with Crippen LogP contribution in [-0.2, 0) is 9.53 Å². The lowest BCUT2D eigenvalue weighted by atomic mass is 9.81. The quantitative estimate of drug-likeness (QED) is 0.843. The highest BCUT2D eigenvalue weighted by atomic mass is 35.5. The van der Waals surface area contributed by atoms with E-state index in [4.69, 9.17) is 22.1 Å². The molecule has 1 fully saturated rings. The van der Waals surface area contributed by atoms with E-state index in [9.17, 15) is 9.59 Å². The van der Waals surface area contributed by atoms with Gasteiger partial charge in [-0.25, -0.2) is 4.79 Å². The molecule has 5 nitrogen and oxygen atoms in total. The van der Waals surface area contributed by atoms with Crippen LogP contribution >= 0.6 is 11.6 Å². The molecule has 132 valence electrons. The van der Waals surface area contributed by atoms with Gasteiger partial charge in [0.2, 0.25) is 5.91 Å². The topological polar surface area (TPSA) is 72.6 Å². The normalized spacial score (nSPS) is 22.4. The number of hydrogen-bond acceptors (Lipinski definition) is 3. The van der Waals surface area contributed by atoms with E-state index < -0.39 is 5.60 Å². The van der Waals surface area contributed by atoms with Crippen LogP contribution in [0.25, 0.3) is 0 Å². The molecule has 2 amide bonds. The van der Waals surface area contributed by atoms with E-state index in [1.54, 1.807) is 4.90 Å². The maximum atomic E-state index is 12.6. The molecule has 1 aromatic rings. The number of nitrogens with zero attached hydrogens (tertiary/aromatic N) is 1. The number of cyclic esters (lactones) is 1.